The third kappa shape index (κ3) is 3.33. The molecule has 0 aliphatic heterocycles. The van der Waals surface area contributed by atoms with E-state index in [1.807, 2.05) is 30.5 Å². The summed E-state index contributed by atoms with van der Waals surface area (Å²) in [4.78, 5) is 14.8. The summed E-state index contributed by atoms with van der Waals surface area (Å²) >= 11 is 0. The zero-order chi connectivity index (χ0) is 13.7. The molecule has 0 radical (unpaired) electrons. The van der Waals surface area contributed by atoms with E-state index in [1.165, 1.54) is 0 Å². The molecule has 19 heavy (non-hydrogen) atoms. The van der Waals surface area contributed by atoms with Gasteiger partial charge in [-0.25, -0.2) is 0 Å². The van der Waals surface area contributed by atoms with Crippen molar-refractivity contribution in [2.75, 3.05) is 20.3 Å². The predicted molar refractivity (Wildman–Crippen MR) is 72.8 cm³/mol. The van der Waals surface area contributed by atoms with Crippen molar-refractivity contribution < 1.29 is 14.3 Å². The van der Waals surface area contributed by atoms with E-state index in [-0.39, 0.29) is 6.61 Å². The molecule has 5 nitrogen and oxygen atoms in total. The van der Waals surface area contributed by atoms with Gasteiger partial charge in [-0.3, -0.25) is 4.79 Å². The molecule has 3 N–H and O–H groups in total. The van der Waals surface area contributed by atoms with E-state index in [1.54, 1.807) is 7.11 Å². The van der Waals surface area contributed by atoms with Crippen LogP contribution in [-0.2, 0) is 20.7 Å². The van der Waals surface area contributed by atoms with E-state index < -0.39 is 12.0 Å². The molecule has 2 rings (SSSR count). The highest BCUT2D eigenvalue weighted by Gasteiger charge is 2.17. The lowest BCUT2D eigenvalue weighted by atomic mass is 10.1. The molecule has 1 aromatic carbocycles. The number of methoxy groups -OCH3 is 1. The lowest BCUT2D eigenvalue weighted by Crippen LogP contribution is -2.34. The number of H-pyrrole nitrogens is 1. The Bertz CT molecular complexity index is 550. The van der Waals surface area contributed by atoms with Gasteiger partial charge in [0.1, 0.15) is 12.6 Å². The molecule has 1 atom stereocenters. The van der Waals surface area contributed by atoms with Crippen LogP contribution in [0.1, 0.15) is 5.56 Å². The maximum atomic E-state index is 11.7. The summed E-state index contributed by atoms with van der Waals surface area (Å²) < 4.78 is 9.82. The van der Waals surface area contributed by atoms with Crippen LogP contribution in [0.4, 0.5) is 0 Å². The highest BCUT2D eigenvalue weighted by Crippen LogP contribution is 2.18. The van der Waals surface area contributed by atoms with Gasteiger partial charge in [0, 0.05) is 30.6 Å². The van der Waals surface area contributed by atoms with Crippen LogP contribution < -0.4 is 5.73 Å². The largest absolute Gasteiger partial charge is 0.462 e. The van der Waals surface area contributed by atoms with Crippen molar-refractivity contribution in [1.82, 2.24) is 4.98 Å². The second-order valence-electron chi connectivity index (χ2n) is 4.33. The van der Waals surface area contributed by atoms with E-state index in [9.17, 15) is 4.79 Å². The fourth-order valence-corrected chi connectivity index (χ4v) is 1.95. The van der Waals surface area contributed by atoms with Gasteiger partial charge in [0.05, 0.1) is 6.61 Å². The van der Waals surface area contributed by atoms with Gasteiger partial charge in [0.15, 0.2) is 0 Å². The van der Waals surface area contributed by atoms with Crippen LogP contribution in [-0.4, -0.2) is 37.3 Å². The van der Waals surface area contributed by atoms with Crippen LogP contribution in [0.3, 0.4) is 0 Å². The number of rotatable bonds is 6. The SMILES string of the molecule is COCCOC(=O)[C@H](N)Cc1c[nH]c2ccccc12. The normalized spacial score (nSPS) is 12.5. The second kappa shape index (κ2) is 6.36. The first kappa shape index (κ1) is 13.6. The van der Waals surface area contributed by atoms with Crippen LogP contribution in [0.5, 0.6) is 0 Å². The van der Waals surface area contributed by atoms with Gasteiger partial charge in [-0.15, -0.1) is 0 Å². The Labute approximate surface area is 111 Å². The van der Waals surface area contributed by atoms with Crippen LogP contribution in [0, 0.1) is 0 Å². The number of aromatic nitrogens is 1. The van der Waals surface area contributed by atoms with Gasteiger partial charge in [-0.2, -0.15) is 0 Å². The highest BCUT2D eigenvalue weighted by molar-refractivity contribution is 5.84. The van der Waals surface area contributed by atoms with Crippen LogP contribution >= 0.6 is 0 Å². The average molecular weight is 262 g/mol. The first-order valence-corrected chi connectivity index (χ1v) is 6.18. The summed E-state index contributed by atoms with van der Waals surface area (Å²) in [5.41, 5.74) is 7.91. The smallest absolute Gasteiger partial charge is 0.323 e. The molecular weight excluding hydrogens is 244 g/mol. The Morgan fingerprint density at radius 1 is 1.37 bits per heavy atom. The Hall–Kier alpha value is -1.85. The number of aromatic amines is 1. The minimum absolute atomic E-state index is 0.233. The molecule has 0 fully saturated rings. The number of hydrogen-bond acceptors (Lipinski definition) is 4. The van der Waals surface area contributed by atoms with E-state index in [0.29, 0.717) is 13.0 Å². The summed E-state index contributed by atoms with van der Waals surface area (Å²) in [6, 6.07) is 7.26. The highest BCUT2D eigenvalue weighted by atomic mass is 16.6. The standard InChI is InChI=1S/C14H18N2O3/c1-18-6-7-19-14(17)12(15)8-10-9-16-13-5-3-2-4-11(10)13/h2-5,9,12,16H,6-8,15H2,1H3/t12-/m1/s1. The molecule has 0 aliphatic rings. The Morgan fingerprint density at radius 3 is 2.95 bits per heavy atom. The van der Waals surface area contributed by atoms with Crippen molar-refractivity contribution in [2.45, 2.75) is 12.5 Å². The van der Waals surface area contributed by atoms with Gasteiger partial charge in [0.25, 0.3) is 0 Å². The van der Waals surface area contributed by atoms with Gasteiger partial charge >= 0.3 is 5.97 Å². The fraction of sp³-hybridized carbons (Fsp3) is 0.357. The number of carbonyl (C=O) groups is 1. The van der Waals surface area contributed by atoms with E-state index in [4.69, 9.17) is 15.2 Å². The predicted octanol–water partition coefficient (Wildman–Crippen LogP) is 1.23. The minimum Gasteiger partial charge on any atom is -0.462 e. The number of para-hydroxylation sites is 1. The van der Waals surface area contributed by atoms with E-state index in [2.05, 4.69) is 4.98 Å². The Kier molecular flexibility index (Phi) is 4.54. The number of carbonyl (C=O) groups excluding carboxylic acids is 1. The zero-order valence-corrected chi connectivity index (χ0v) is 10.9. The van der Waals surface area contributed by atoms with Gasteiger partial charge in [-0.1, -0.05) is 18.2 Å². The molecular formula is C14H18N2O3. The molecule has 102 valence electrons. The van der Waals surface area contributed by atoms with Crippen LogP contribution in [0.25, 0.3) is 10.9 Å². The molecule has 0 aliphatic carbocycles. The number of ether oxygens (including phenoxy) is 2. The zero-order valence-electron chi connectivity index (χ0n) is 10.9. The third-order valence-corrected chi connectivity index (χ3v) is 2.95. The van der Waals surface area contributed by atoms with Crippen LogP contribution in [0.15, 0.2) is 30.5 Å². The summed E-state index contributed by atoms with van der Waals surface area (Å²) in [5.74, 6) is -0.401. The van der Waals surface area contributed by atoms with E-state index >= 15 is 0 Å². The lowest BCUT2D eigenvalue weighted by molar-refractivity contribution is -0.146. The van der Waals surface area contributed by atoms with Crippen molar-refractivity contribution in [2.24, 2.45) is 5.73 Å². The molecule has 0 bridgehead atoms. The quantitative estimate of drug-likeness (QED) is 0.606. The summed E-state index contributed by atoms with van der Waals surface area (Å²) in [5, 5.41) is 1.09. The summed E-state index contributed by atoms with van der Waals surface area (Å²) in [6.07, 6.45) is 2.34. The molecule has 0 amide bonds. The number of fused-ring (bicyclic) bond motifs is 1. The van der Waals surface area contributed by atoms with Gasteiger partial charge < -0.3 is 20.2 Å². The average Bonchev–Trinajstić information content (AvgIpc) is 2.82. The third-order valence-electron chi connectivity index (χ3n) is 2.95. The van der Waals surface area contributed by atoms with Gasteiger partial charge in [0.2, 0.25) is 0 Å². The number of benzene rings is 1. The number of hydrogen-bond donors (Lipinski definition) is 2. The Morgan fingerprint density at radius 2 is 2.16 bits per heavy atom. The van der Waals surface area contributed by atoms with Crippen molar-refractivity contribution in [3.63, 3.8) is 0 Å². The maximum Gasteiger partial charge on any atom is 0.323 e. The summed E-state index contributed by atoms with van der Waals surface area (Å²) in [7, 11) is 1.56. The van der Waals surface area contributed by atoms with Gasteiger partial charge in [-0.05, 0) is 11.6 Å². The van der Waals surface area contributed by atoms with Crippen molar-refractivity contribution in [3.8, 4) is 0 Å². The summed E-state index contributed by atoms with van der Waals surface area (Å²) in [6.45, 7) is 0.614. The number of esters is 1. The molecule has 1 aromatic heterocycles. The minimum atomic E-state index is -0.656. The molecule has 5 heteroatoms. The molecule has 0 spiro atoms. The van der Waals surface area contributed by atoms with Crippen LogP contribution in [0.2, 0.25) is 0 Å². The fourth-order valence-electron chi connectivity index (χ4n) is 1.95. The van der Waals surface area contributed by atoms with Crippen molar-refractivity contribution in [1.29, 1.82) is 0 Å². The molecule has 0 unspecified atom stereocenters. The maximum absolute atomic E-state index is 11.7. The lowest BCUT2D eigenvalue weighted by Gasteiger charge is -2.10. The van der Waals surface area contributed by atoms with Crippen molar-refractivity contribution in [3.05, 3.63) is 36.0 Å². The molecule has 0 saturated carbocycles. The molecule has 2 aromatic rings. The first-order chi connectivity index (χ1) is 9.22. The van der Waals surface area contributed by atoms with Crippen molar-refractivity contribution >= 4 is 16.9 Å². The number of nitrogens with two attached hydrogens (primary N) is 1. The topological polar surface area (TPSA) is 77.3 Å². The Balaban J connectivity index is 1.98. The molecule has 0 saturated heterocycles. The number of nitrogens with one attached hydrogen (secondary N) is 1. The second-order valence-corrected chi connectivity index (χ2v) is 4.33. The first-order valence-electron chi connectivity index (χ1n) is 6.18. The molecule has 1 heterocycles. The monoisotopic (exact) mass is 262 g/mol. The van der Waals surface area contributed by atoms with E-state index in [0.717, 1.165) is 16.5 Å².